The fourth-order valence-corrected chi connectivity index (χ4v) is 2.82. The second-order valence-electron chi connectivity index (χ2n) is 5.33. The molecule has 0 bridgehead atoms. The summed E-state index contributed by atoms with van der Waals surface area (Å²) in [4.78, 5) is 14.1. The summed E-state index contributed by atoms with van der Waals surface area (Å²) in [7, 11) is 0. The highest BCUT2D eigenvalue weighted by Crippen LogP contribution is 2.26. The highest BCUT2D eigenvalue weighted by molar-refractivity contribution is 6.31. The maximum absolute atomic E-state index is 12.4. The maximum Gasteiger partial charge on any atom is 0.289 e. The lowest BCUT2D eigenvalue weighted by atomic mass is 10.0. The first-order valence-electron chi connectivity index (χ1n) is 6.71. The standard InChI is InChI=1S/C15H16ClNO3/c1-9(18)10-4-5-17(8-10)15(19)14-7-11-6-12(16)2-3-13(11)20-14/h2-3,6-7,9-10,18H,4-5,8H2,1H3. The topological polar surface area (TPSA) is 53.7 Å². The van der Waals surface area contributed by atoms with Gasteiger partial charge in [-0.15, -0.1) is 0 Å². The molecule has 1 saturated heterocycles. The lowest BCUT2D eigenvalue weighted by Gasteiger charge is -2.16. The van der Waals surface area contributed by atoms with E-state index in [9.17, 15) is 9.90 Å². The van der Waals surface area contributed by atoms with Crippen molar-refractivity contribution in [2.24, 2.45) is 5.92 Å². The molecule has 0 radical (unpaired) electrons. The van der Waals surface area contributed by atoms with Crippen molar-refractivity contribution >= 4 is 28.5 Å². The molecule has 4 nitrogen and oxygen atoms in total. The van der Waals surface area contributed by atoms with Gasteiger partial charge in [0.1, 0.15) is 5.58 Å². The van der Waals surface area contributed by atoms with Crippen molar-refractivity contribution in [2.75, 3.05) is 13.1 Å². The fraction of sp³-hybridized carbons (Fsp3) is 0.400. The number of likely N-dealkylation sites (tertiary alicyclic amines) is 1. The van der Waals surface area contributed by atoms with Crippen LogP contribution in [0.3, 0.4) is 0 Å². The van der Waals surface area contributed by atoms with Gasteiger partial charge in [0.15, 0.2) is 5.76 Å². The molecule has 0 aliphatic carbocycles. The Labute approximate surface area is 121 Å². The molecule has 2 aromatic rings. The summed E-state index contributed by atoms with van der Waals surface area (Å²) in [6, 6.07) is 7.00. The van der Waals surface area contributed by atoms with Gasteiger partial charge in [-0.25, -0.2) is 0 Å². The van der Waals surface area contributed by atoms with E-state index in [0.29, 0.717) is 29.5 Å². The molecule has 1 fully saturated rings. The Morgan fingerprint density at radius 1 is 1.50 bits per heavy atom. The normalized spacial score (nSPS) is 20.6. The van der Waals surface area contributed by atoms with Crippen LogP contribution >= 0.6 is 11.6 Å². The largest absolute Gasteiger partial charge is 0.451 e. The van der Waals surface area contributed by atoms with E-state index >= 15 is 0 Å². The van der Waals surface area contributed by atoms with Gasteiger partial charge in [-0.05, 0) is 37.6 Å². The van der Waals surface area contributed by atoms with Crippen LogP contribution in [0, 0.1) is 5.92 Å². The average molecular weight is 294 g/mol. The Balaban J connectivity index is 1.82. The monoisotopic (exact) mass is 293 g/mol. The van der Waals surface area contributed by atoms with Gasteiger partial charge >= 0.3 is 0 Å². The van der Waals surface area contributed by atoms with E-state index < -0.39 is 0 Å². The third kappa shape index (κ3) is 2.41. The van der Waals surface area contributed by atoms with Gasteiger partial charge in [-0.1, -0.05) is 11.6 Å². The molecule has 1 amide bonds. The molecule has 20 heavy (non-hydrogen) atoms. The number of hydrogen-bond acceptors (Lipinski definition) is 3. The van der Waals surface area contributed by atoms with Gasteiger partial charge < -0.3 is 14.4 Å². The van der Waals surface area contributed by atoms with Crippen LogP contribution in [0.15, 0.2) is 28.7 Å². The number of rotatable bonds is 2. The lowest BCUT2D eigenvalue weighted by Crippen LogP contribution is -2.30. The highest BCUT2D eigenvalue weighted by Gasteiger charge is 2.30. The SMILES string of the molecule is CC(O)C1CCN(C(=O)c2cc3cc(Cl)ccc3o2)C1. The Morgan fingerprint density at radius 2 is 2.30 bits per heavy atom. The van der Waals surface area contributed by atoms with Crippen molar-refractivity contribution < 1.29 is 14.3 Å². The first kappa shape index (κ1) is 13.5. The minimum atomic E-state index is -0.387. The van der Waals surface area contributed by atoms with Crippen LogP contribution in [0.4, 0.5) is 0 Å². The van der Waals surface area contributed by atoms with Crippen molar-refractivity contribution in [3.63, 3.8) is 0 Å². The molecule has 106 valence electrons. The van der Waals surface area contributed by atoms with Crippen molar-refractivity contribution in [1.29, 1.82) is 0 Å². The molecule has 5 heteroatoms. The minimum absolute atomic E-state index is 0.125. The zero-order chi connectivity index (χ0) is 14.3. The van der Waals surface area contributed by atoms with Crippen LogP contribution in [0.1, 0.15) is 23.9 Å². The maximum atomic E-state index is 12.4. The van der Waals surface area contributed by atoms with E-state index in [0.717, 1.165) is 11.8 Å². The number of benzene rings is 1. The molecule has 2 atom stereocenters. The number of nitrogens with zero attached hydrogens (tertiary/aromatic N) is 1. The Hall–Kier alpha value is -1.52. The first-order chi connectivity index (χ1) is 9.54. The number of furan rings is 1. The summed E-state index contributed by atoms with van der Waals surface area (Å²) in [5, 5.41) is 11.0. The second-order valence-corrected chi connectivity index (χ2v) is 5.77. The zero-order valence-electron chi connectivity index (χ0n) is 11.2. The summed E-state index contributed by atoms with van der Waals surface area (Å²) in [6.45, 7) is 3.00. The van der Waals surface area contributed by atoms with Crippen molar-refractivity contribution in [2.45, 2.75) is 19.4 Å². The zero-order valence-corrected chi connectivity index (χ0v) is 11.9. The third-order valence-corrected chi connectivity index (χ3v) is 4.12. The fourth-order valence-electron chi connectivity index (χ4n) is 2.64. The predicted molar refractivity (Wildman–Crippen MR) is 76.9 cm³/mol. The molecule has 0 spiro atoms. The van der Waals surface area contributed by atoms with Gasteiger partial charge in [0.2, 0.25) is 0 Å². The third-order valence-electron chi connectivity index (χ3n) is 3.88. The molecular formula is C15H16ClNO3. The number of halogens is 1. The van der Waals surface area contributed by atoms with E-state index in [1.54, 1.807) is 36.1 Å². The molecule has 2 unspecified atom stereocenters. The number of hydrogen-bond donors (Lipinski definition) is 1. The molecule has 0 saturated carbocycles. The van der Waals surface area contributed by atoms with Crippen LogP contribution in [-0.4, -0.2) is 35.1 Å². The molecule has 1 aromatic heterocycles. The number of carbonyl (C=O) groups excluding carboxylic acids is 1. The van der Waals surface area contributed by atoms with Gasteiger partial charge in [-0.3, -0.25) is 4.79 Å². The lowest BCUT2D eigenvalue weighted by molar-refractivity contribution is 0.0734. The van der Waals surface area contributed by atoms with Crippen LogP contribution in [0.25, 0.3) is 11.0 Å². The highest BCUT2D eigenvalue weighted by atomic mass is 35.5. The van der Waals surface area contributed by atoms with E-state index in [2.05, 4.69) is 0 Å². The van der Waals surface area contributed by atoms with Crippen molar-refractivity contribution in [3.8, 4) is 0 Å². The number of aliphatic hydroxyl groups excluding tert-OH is 1. The molecule has 1 aromatic carbocycles. The minimum Gasteiger partial charge on any atom is -0.451 e. The van der Waals surface area contributed by atoms with E-state index in [-0.39, 0.29) is 17.9 Å². The quantitative estimate of drug-likeness (QED) is 0.926. The van der Waals surface area contributed by atoms with E-state index in [1.165, 1.54) is 0 Å². The van der Waals surface area contributed by atoms with Crippen molar-refractivity contribution in [1.82, 2.24) is 4.90 Å². The van der Waals surface area contributed by atoms with Gasteiger partial charge in [0.25, 0.3) is 5.91 Å². The number of fused-ring (bicyclic) bond motifs is 1. The molecular weight excluding hydrogens is 278 g/mol. The summed E-state index contributed by atoms with van der Waals surface area (Å²) in [5.74, 6) is 0.353. The smallest absolute Gasteiger partial charge is 0.289 e. The second kappa shape index (κ2) is 5.11. The van der Waals surface area contributed by atoms with Gasteiger partial charge in [0, 0.05) is 29.4 Å². The molecule has 2 heterocycles. The van der Waals surface area contributed by atoms with Gasteiger partial charge in [-0.2, -0.15) is 0 Å². The van der Waals surface area contributed by atoms with E-state index in [4.69, 9.17) is 16.0 Å². The van der Waals surface area contributed by atoms with E-state index in [1.807, 2.05) is 0 Å². The van der Waals surface area contributed by atoms with Crippen LogP contribution < -0.4 is 0 Å². The Bertz CT molecular complexity index is 650. The summed E-state index contributed by atoms with van der Waals surface area (Å²) in [6.07, 6.45) is 0.442. The van der Waals surface area contributed by atoms with Crippen LogP contribution in [0.5, 0.6) is 0 Å². The molecule has 1 aliphatic heterocycles. The number of amides is 1. The summed E-state index contributed by atoms with van der Waals surface area (Å²) in [5.41, 5.74) is 0.657. The molecule has 1 aliphatic rings. The summed E-state index contributed by atoms with van der Waals surface area (Å²) >= 11 is 5.92. The Morgan fingerprint density at radius 3 is 3.00 bits per heavy atom. The van der Waals surface area contributed by atoms with Crippen LogP contribution in [-0.2, 0) is 0 Å². The molecule has 3 rings (SSSR count). The van der Waals surface area contributed by atoms with Crippen molar-refractivity contribution in [3.05, 3.63) is 35.0 Å². The average Bonchev–Trinajstić information content (AvgIpc) is 3.03. The summed E-state index contributed by atoms with van der Waals surface area (Å²) < 4.78 is 5.58. The number of aliphatic hydroxyl groups is 1. The predicted octanol–water partition coefficient (Wildman–Crippen LogP) is 2.93. The first-order valence-corrected chi connectivity index (χ1v) is 7.09. The van der Waals surface area contributed by atoms with Crippen LogP contribution in [0.2, 0.25) is 5.02 Å². The molecule has 1 N–H and O–H groups in total. The van der Waals surface area contributed by atoms with Gasteiger partial charge in [0.05, 0.1) is 6.10 Å². The Kier molecular flexibility index (Phi) is 3.44. The number of carbonyl (C=O) groups is 1.